The van der Waals surface area contributed by atoms with Crippen LogP contribution in [-0.4, -0.2) is 90.9 Å². The summed E-state index contributed by atoms with van der Waals surface area (Å²) in [6, 6.07) is 0. The minimum Gasteiger partial charge on any atom is -0.481 e. The van der Waals surface area contributed by atoms with E-state index < -0.39 is 72.7 Å². The van der Waals surface area contributed by atoms with Crippen molar-refractivity contribution in [3.63, 3.8) is 0 Å². The minimum absolute atomic E-state index is 0.0990. The highest BCUT2D eigenvalue weighted by atomic mass is 16.5. The zero-order valence-corrected chi connectivity index (χ0v) is 15.6. The quantitative estimate of drug-likeness (QED) is 0.122. The van der Waals surface area contributed by atoms with E-state index in [1.165, 1.54) is 0 Å². The lowest BCUT2D eigenvalue weighted by Gasteiger charge is -2.20. The number of rotatable bonds is 15. The Morgan fingerprint density at radius 2 is 0.867 bits per heavy atom. The highest BCUT2D eigenvalue weighted by Crippen LogP contribution is 2.18. The fourth-order valence-electron chi connectivity index (χ4n) is 2.08. The number of carbonyl (C=O) groups excluding carboxylic acids is 2. The molecule has 170 valence electrons. The molecular formula is C16H22O14. The maximum Gasteiger partial charge on any atom is 0.336 e. The Balaban J connectivity index is 4.27. The molecule has 0 heterocycles. The van der Waals surface area contributed by atoms with Crippen molar-refractivity contribution < 1.29 is 68.9 Å². The van der Waals surface area contributed by atoms with Crippen LogP contribution in [0.4, 0.5) is 0 Å². The largest absolute Gasteiger partial charge is 0.481 e. The van der Waals surface area contributed by atoms with Gasteiger partial charge in [-0.3, -0.25) is 19.2 Å². The van der Waals surface area contributed by atoms with Crippen LogP contribution in [-0.2, 0) is 38.2 Å². The highest BCUT2D eigenvalue weighted by Gasteiger charge is 2.42. The monoisotopic (exact) mass is 438 g/mol. The predicted molar refractivity (Wildman–Crippen MR) is 90.1 cm³/mol. The molecule has 0 rings (SSSR count). The summed E-state index contributed by atoms with van der Waals surface area (Å²) in [5, 5.41) is 54.2. The number of carboxylic acid groups (broad SMARTS) is 4. The lowest BCUT2D eigenvalue weighted by atomic mass is 9.96. The van der Waals surface area contributed by atoms with Gasteiger partial charge in [-0.05, 0) is 12.8 Å². The maximum atomic E-state index is 11.5. The van der Waals surface area contributed by atoms with Crippen molar-refractivity contribution in [2.75, 3.05) is 13.2 Å². The molecule has 0 aromatic carbocycles. The number of carboxylic acids is 4. The van der Waals surface area contributed by atoms with E-state index in [9.17, 15) is 39.0 Å². The average molecular weight is 438 g/mol. The van der Waals surface area contributed by atoms with Crippen molar-refractivity contribution in [1.82, 2.24) is 0 Å². The van der Waals surface area contributed by atoms with Gasteiger partial charge in [0.25, 0.3) is 0 Å². The van der Waals surface area contributed by atoms with Crippen molar-refractivity contribution in [3.05, 3.63) is 0 Å². The molecule has 14 nitrogen and oxygen atoms in total. The molecule has 14 heteroatoms. The van der Waals surface area contributed by atoms with Crippen LogP contribution in [0.5, 0.6) is 0 Å². The fraction of sp³-hybridized carbons (Fsp3) is 0.625. The first kappa shape index (κ1) is 26.7. The molecule has 0 saturated carbocycles. The standard InChI is InChI=1S/C16H22O14/c17-9(18)5-15(27,13(23)24)7-11(21)29-3-1-2-4-30-12(22)8-16(28,14(25)26)6-10(19)20/h27-28H,1-8H2,(H,17,18)(H,19,20)(H,23,24)(H,25,26). The maximum absolute atomic E-state index is 11.5. The molecule has 0 bridgehead atoms. The summed E-state index contributed by atoms with van der Waals surface area (Å²) in [5.41, 5.74) is -5.65. The van der Waals surface area contributed by atoms with E-state index in [1.54, 1.807) is 0 Å². The summed E-state index contributed by atoms with van der Waals surface area (Å²) in [7, 11) is 0. The molecule has 6 N–H and O–H groups in total. The van der Waals surface area contributed by atoms with Crippen LogP contribution >= 0.6 is 0 Å². The van der Waals surface area contributed by atoms with Crippen LogP contribution in [0.15, 0.2) is 0 Å². The van der Waals surface area contributed by atoms with Gasteiger partial charge in [0.15, 0.2) is 11.2 Å². The van der Waals surface area contributed by atoms with Gasteiger partial charge in [-0.2, -0.15) is 0 Å². The molecule has 2 atom stereocenters. The number of carbonyl (C=O) groups is 6. The summed E-state index contributed by atoms with van der Waals surface area (Å²) in [6.07, 6.45) is -4.42. The number of ether oxygens (including phenoxy) is 2. The third-order valence-electron chi connectivity index (χ3n) is 3.62. The molecule has 2 unspecified atom stereocenters. The van der Waals surface area contributed by atoms with Gasteiger partial charge >= 0.3 is 35.8 Å². The minimum atomic E-state index is -2.82. The van der Waals surface area contributed by atoms with Crippen LogP contribution < -0.4 is 0 Å². The van der Waals surface area contributed by atoms with E-state index in [0.717, 1.165) is 0 Å². The molecule has 0 aromatic heterocycles. The predicted octanol–water partition coefficient (Wildman–Crippen LogP) is -1.79. The molecule has 0 aliphatic heterocycles. The van der Waals surface area contributed by atoms with Gasteiger partial charge in [0, 0.05) is 0 Å². The molecule has 0 spiro atoms. The van der Waals surface area contributed by atoms with Crippen LogP contribution in [0.1, 0.15) is 38.5 Å². The number of hydrogen-bond acceptors (Lipinski definition) is 10. The molecule has 0 amide bonds. The Morgan fingerprint density at radius 3 is 1.10 bits per heavy atom. The summed E-state index contributed by atoms with van der Waals surface area (Å²) in [5.74, 6) is -9.41. The zero-order valence-electron chi connectivity index (χ0n) is 15.6. The molecule has 0 saturated heterocycles. The van der Waals surface area contributed by atoms with Crippen LogP contribution in [0.2, 0.25) is 0 Å². The summed E-state index contributed by atoms with van der Waals surface area (Å²) < 4.78 is 9.31. The first-order valence-corrected chi connectivity index (χ1v) is 8.38. The van der Waals surface area contributed by atoms with E-state index in [2.05, 4.69) is 9.47 Å². The second-order valence-electron chi connectivity index (χ2n) is 6.32. The van der Waals surface area contributed by atoms with Gasteiger partial charge in [0.05, 0.1) is 38.9 Å². The van der Waals surface area contributed by atoms with E-state index in [-0.39, 0.29) is 26.1 Å². The molecule has 0 radical (unpaired) electrons. The van der Waals surface area contributed by atoms with Crippen molar-refractivity contribution in [3.8, 4) is 0 Å². The van der Waals surface area contributed by atoms with Crippen molar-refractivity contribution in [1.29, 1.82) is 0 Å². The van der Waals surface area contributed by atoms with E-state index >= 15 is 0 Å². The Morgan fingerprint density at radius 1 is 0.567 bits per heavy atom. The first-order valence-electron chi connectivity index (χ1n) is 8.38. The summed E-state index contributed by atoms with van der Waals surface area (Å²) >= 11 is 0. The van der Waals surface area contributed by atoms with Crippen molar-refractivity contribution in [2.45, 2.75) is 49.7 Å². The second kappa shape index (κ2) is 11.7. The van der Waals surface area contributed by atoms with Gasteiger partial charge in [-0.1, -0.05) is 0 Å². The number of aliphatic carboxylic acids is 4. The molecule has 0 aliphatic rings. The van der Waals surface area contributed by atoms with Gasteiger partial charge in [0.1, 0.15) is 0 Å². The van der Waals surface area contributed by atoms with E-state index in [1.807, 2.05) is 0 Å². The number of aliphatic hydroxyl groups is 2. The Labute approximate surface area is 168 Å². The van der Waals surface area contributed by atoms with Crippen molar-refractivity contribution >= 4 is 35.8 Å². The highest BCUT2D eigenvalue weighted by molar-refractivity contribution is 5.89. The van der Waals surface area contributed by atoms with Crippen molar-refractivity contribution in [2.24, 2.45) is 0 Å². The molecule has 0 aliphatic carbocycles. The SMILES string of the molecule is O=C(O)CC(O)(CC(=O)OCCCCOC(=O)CC(O)(CC(=O)O)C(=O)O)C(=O)O. The van der Waals surface area contributed by atoms with Gasteiger partial charge in [-0.25, -0.2) is 9.59 Å². The van der Waals surface area contributed by atoms with Crippen LogP contribution in [0.3, 0.4) is 0 Å². The second-order valence-corrected chi connectivity index (χ2v) is 6.32. The van der Waals surface area contributed by atoms with Crippen LogP contribution in [0.25, 0.3) is 0 Å². The zero-order chi connectivity index (χ0) is 23.5. The topological polar surface area (TPSA) is 242 Å². The van der Waals surface area contributed by atoms with Gasteiger partial charge in [-0.15, -0.1) is 0 Å². The average Bonchev–Trinajstić information content (AvgIpc) is 2.55. The fourth-order valence-corrected chi connectivity index (χ4v) is 2.08. The molecule has 0 fully saturated rings. The van der Waals surface area contributed by atoms with Gasteiger partial charge < -0.3 is 40.1 Å². The molecule has 0 aromatic rings. The Kier molecular flexibility index (Phi) is 10.4. The third-order valence-corrected chi connectivity index (χ3v) is 3.62. The molecular weight excluding hydrogens is 416 g/mol. The van der Waals surface area contributed by atoms with E-state index in [0.29, 0.717) is 0 Å². The first-order chi connectivity index (χ1) is 13.7. The number of esters is 2. The third kappa shape index (κ3) is 9.79. The Hall–Kier alpha value is -3.26. The summed E-state index contributed by atoms with van der Waals surface area (Å²) in [4.78, 5) is 66.0. The Bertz CT molecular complexity index is 627. The number of unbranched alkanes of at least 4 members (excludes halogenated alkanes) is 1. The molecule has 30 heavy (non-hydrogen) atoms. The van der Waals surface area contributed by atoms with E-state index in [4.69, 9.17) is 20.4 Å². The summed E-state index contributed by atoms with van der Waals surface area (Å²) in [6.45, 7) is -0.561. The lowest BCUT2D eigenvalue weighted by Crippen LogP contribution is -2.43. The van der Waals surface area contributed by atoms with Gasteiger partial charge in [0.2, 0.25) is 0 Å². The normalized spacial score (nSPS) is 14.6. The number of hydrogen-bond donors (Lipinski definition) is 6. The van der Waals surface area contributed by atoms with Crippen LogP contribution in [0, 0.1) is 0 Å². The smallest absolute Gasteiger partial charge is 0.336 e. The lowest BCUT2D eigenvalue weighted by molar-refractivity contribution is -0.172.